The fourth-order valence-electron chi connectivity index (χ4n) is 3.94. The van der Waals surface area contributed by atoms with Crippen molar-refractivity contribution >= 4 is 6.09 Å². The molecule has 1 aliphatic rings. The van der Waals surface area contributed by atoms with Crippen LogP contribution in [0.3, 0.4) is 0 Å². The molecule has 0 bridgehead atoms. The number of benzene rings is 2. The highest BCUT2D eigenvalue weighted by Gasteiger charge is 2.33. The van der Waals surface area contributed by atoms with Crippen LogP contribution in [0.25, 0.3) is 0 Å². The van der Waals surface area contributed by atoms with E-state index in [1.54, 1.807) is 12.0 Å². The molecule has 1 amide bonds. The molecule has 2 aromatic carbocycles. The number of hydrogen-bond donors (Lipinski definition) is 1. The molecule has 0 aromatic heterocycles. The van der Waals surface area contributed by atoms with E-state index >= 15 is 0 Å². The number of para-hydroxylation sites is 2. The van der Waals surface area contributed by atoms with Crippen LogP contribution < -0.4 is 14.2 Å². The second kappa shape index (κ2) is 12.0. The van der Waals surface area contributed by atoms with Gasteiger partial charge in [0, 0.05) is 12.5 Å². The van der Waals surface area contributed by atoms with Gasteiger partial charge in [-0.05, 0) is 69.9 Å². The largest absolute Gasteiger partial charge is 0.494 e. The van der Waals surface area contributed by atoms with Crippen LogP contribution in [-0.2, 0) is 4.74 Å². The Bertz CT molecular complexity index is 908. The molecule has 1 N–H and O–H groups in total. The van der Waals surface area contributed by atoms with Crippen LogP contribution in [0, 0.1) is 0 Å². The molecule has 0 radical (unpaired) electrons. The maximum Gasteiger partial charge on any atom is 0.410 e. The van der Waals surface area contributed by atoms with Crippen molar-refractivity contribution in [3.63, 3.8) is 0 Å². The molecule has 0 aliphatic carbocycles. The second-order valence-electron chi connectivity index (χ2n) is 9.51. The number of methoxy groups -OCH3 is 1. The molecule has 1 saturated heterocycles. The van der Waals surface area contributed by atoms with Gasteiger partial charge in [-0.15, -0.1) is 0 Å². The van der Waals surface area contributed by atoms with Crippen molar-refractivity contribution in [2.45, 2.75) is 57.7 Å². The van der Waals surface area contributed by atoms with Gasteiger partial charge in [0.25, 0.3) is 0 Å². The van der Waals surface area contributed by atoms with E-state index in [0.717, 1.165) is 35.7 Å². The minimum Gasteiger partial charge on any atom is -0.494 e. The molecule has 34 heavy (non-hydrogen) atoms. The molecular formula is C27H37NO6. The van der Waals surface area contributed by atoms with E-state index in [-0.39, 0.29) is 18.6 Å². The monoisotopic (exact) mass is 471 g/mol. The second-order valence-corrected chi connectivity index (χ2v) is 9.51. The number of likely N-dealkylation sites (tertiary alicyclic amines) is 1. The number of rotatable bonds is 9. The molecule has 2 unspecified atom stereocenters. The van der Waals surface area contributed by atoms with E-state index in [1.807, 2.05) is 69.3 Å². The van der Waals surface area contributed by atoms with Gasteiger partial charge in [0.15, 0.2) is 11.5 Å². The van der Waals surface area contributed by atoms with Gasteiger partial charge in [0.1, 0.15) is 11.4 Å². The third-order valence-corrected chi connectivity index (χ3v) is 5.68. The van der Waals surface area contributed by atoms with Crippen LogP contribution in [0.15, 0.2) is 48.5 Å². The van der Waals surface area contributed by atoms with Gasteiger partial charge in [-0.3, -0.25) is 0 Å². The van der Waals surface area contributed by atoms with Crippen molar-refractivity contribution in [3.8, 4) is 17.2 Å². The number of β-amino-alcohol motifs (C(OH)–C–C–N with tert-alkyl or cyclic N) is 1. The Balaban J connectivity index is 1.38. The van der Waals surface area contributed by atoms with Gasteiger partial charge in [0.2, 0.25) is 0 Å². The number of aliphatic hydroxyl groups excluding tert-OH is 1. The molecule has 1 heterocycles. The highest BCUT2D eigenvalue weighted by Crippen LogP contribution is 2.30. The van der Waals surface area contributed by atoms with Gasteiger partial charge in [-0.25, -0.2) is 4.79 Å². The van der Waals surface area contributed by atoms with E-state index in [1.165, 1.54) is 0 Å². The summed E-state index contributed by atoms with van der Waals surface area (Å²) in [6, 6.07) is 15.5. The van der Waals surface area contributed by atoms with E-state index in [2.05, 4.69) is 0 Å². The number of ether oxygens (including phenoxy) is 4. The summed E-state index contributed by atoms with van der Waals surface area (Å²) < 4.78 is 22.3. The predicted octanol–water partition coefficient (Wildman–Crippen LogP) is 5.02. The Kier molecular flexibility index (Phi) is 9.05. The molecule has 0 saturated carbocycles. The maximum atomic E-state index is 12.3. The summed E-state index contributed by atoms with van der Waals surface area (Å²) in [7, 11) is 1.63. The third-order valence-electron chi connectivity index (χ3n) is 5.68. The number of nitrogens with zero attached hydrogens (tertiary/aromatic N) is 1. The SMILES string of the molecule is COc1ccccc1OCCCCOc1ccc(C2CCN(C(=O)OC(C)(C)C)CC2O)cc1. The average Bonchev–Trinajstić information content (AvgIpc) is 2.81. The number of amides is 1. The minimum absolute atomic E-state index is 0.0140. The first-order chi connectivity index (χ1) is 16.3. The van der Waals surface area contributed by atoms with Crippen LogP contribution in [0.2, 0.25) is 0 Å². The number of carbonyl (C=O) groups excluding carboxylic acids is 1. The zero-order chi connectivity index (χ0) is 24.6. The molecule has 7 nitrogen and oxygen atoms in total. The smallest absolute Gasteiger partial charge is 0.410 e. The van der Waals surface area contributed by atoms with E-state index in [0.29, 0.717) is 26.2 Å². The van der Waals surface area contributed by atoms with Crippen molar-refractivity contribution < 1.29 is 28.8 Å². The van der Waals surface area contributed by atoms with Gasteiger partial charge >= 0.3 is 6.09 Å². The molecular weight excluding hydrogens is 434 g/mol. The van der Waals surface area contributed by atoms with Gasteiger partial charge in [-0.1, -0.05) is 24.3 Å². The standard InChI is InChI=1S/C27H37NO6/c1-27(2,3)34-26(30)28-16-15-22(23(29)19-28)20-11-13-21(14-12-20)32-17-7-8-18-33-25-10-6-5-9-24(25)31-4/h5-6,9-14,22-23,29H,7-8,15-19H2,1-4H3. The highest BCUT2D eigenvalue weighted by molar-refractivity contribution is 5.68. The number of aliphatic hydroxyl groups is 1. The van der Waals surface area contributed by atoms with Crippen LogP contribution in [0.4, 0.5) is 4.79 Å². The van der Waals surface area contributed by atoms with Crippen LogP contribution in [0.5, 0.6) is 17.2 Å². The Morgan fingerprint density at radius 1 is 1.00 bits per heavy atom. The van der Waals surface area contributed by atoms with Crippen LogP contribution in [-0.4, -0.2) is 61.2 Å². The lowest BCUT2D eigenvalue weighted by atomic mass is 9.87. The zero-order valence-electron chi connectivity index (χ0n) is 20.7. The fourth-order valence-corrected chi connectivity index (χ4v) is 3.94. The Morgan fingerprint density at radius 3 is 2.26 bits per heavy atom. The van der Waals surface area contributed by atoms with Crippen molar-refractivity contribution in [2.24, 2.45) is 0 Å². The lowest BCUT2D eigenvalue weighted by Crippen LogP contribution is -2.47. The van der Waals surface area contributed by atoms with Gasteiger partial charge in [0.05, 0.1) is 33.0 Å². The predicted molar refractivity (Wildman–Crippen MR) is 131 cm³/mol. The Labute approximate surface area is 202 Å². The van der Waals surface area contributed by atoms with Crippen molar-refractivity contribution in [2.75, 3.05) is 33.4 Å². The highest BCUT2D eigenvalue weighted by atomic mass is 16.6. The number of unbranched alkanes of at least 4 members (excludes halogenated alkanes) is 1. The lowest BCUT2D eigenvalue weighted by Gasteiger charge is -2.36. The summed E-state index contributed by atoms with van der Waals surface area (Å²) in [4.78, 5) is 13.9. The summed E-state index contributed by atoms with van der Waals surface area (Å²) in [5, 5.41) is 10.6. The summed E-state index contributed by atoms with van der Waals surface area (Å²) in [5.41, 5.74) is 0.505. The number of hydrogen-bond acceptors (Lipinski definition) is 6. The molecule has 7 heteroatoms. The molecule has 0 spiro atoms. The molecule has 2 atom stereocenters. The molecule has 186 valence electrons. The molecule has 1 aliphatic heterocycles. The van der Waals surface area contributed by atoms with E-state index in [9.17, 15) is 9.90 Å². The molecule has 2 aromatic rings. The fraction of sp³-hybridized carbons (Fsp3) is 0.519. The Morgan fingerprint density at radius 2 is 1.65 bits per heavy atom. The van der Waals surface area contributed by atoms with Crippen molar-refractivity contribution in [1.29, 1.82) is 0 Å². The Hall–Kier alpha value is -2.93. The van der Waals surface area contributed by atoms with Crippen molar-refractivity contribution in [3.05, 3.63) is 54.1 Å². The third kappa shape index (κ3) is 7.55. The topological polar surface area (TPSA) is 77.5 Å². The average molecular weight is 472 g/mol. The minimum atomic E-state index is -0.628. The first-order valence-corrected chi connectivity index (χ1v) is 11.9. The summed E-state index contributed by atoms with van der Waals surface area (Å²) in [5.74, 6) is 2.27. The van der Waals surface area contributed by atoms with E-state index in [4.69, 9.17) is 18.9 Å². The first-order valence-electron chi connectivity index (χ1n) is 11.9. The van der Waals surface area contributed by atoms with Crippen LogP contribution in [0.1, 0.15) is 51.5 Å². The van der Waals surface area contributed by atoms with Gasteiger partial charge in [-0.2, -0.15) is 0 Å². The quantitative estimate of drug-likeness (QED) is 0.518. The molecule has 1 fully saturated rings. The zero-order valence-corrected chi connectivity index (χ0v) is 20.7. The summed E-state index contributed by atoms with van der Waals surface area (Å²) >= 11 is 0. The van der Waals surface area contributed by atoms with E-state index < -0.39 is 11.7 Å². The summed E-state index contributed by atoms with van der Waals surface area (Å²) in [6.45, 7) is 7.56. The maximum absolute atomic E-state index is 12.3. The van der Waals surface area contributed by atoms with Crippen LogP contribution >= 0.6 is 0 Å². The van der Waals surface area contributed by atoms with Gasteiger partial charge < -0.3 is 29.0 Å². The number of carbonyl (C=O) groups is 1. The first kappa shape index (κ1) is 25.7. The normalized spacial score (nSPS) is 18.3. The van der Waals surface area contributed by atoms with Crippen molar-refractivity contribution in [1.82, 2.24) is 4.90 Å². The molecule has 3 rings (SSSR count). The lowest BCUT2D eigenvalue weighted by molar-refractivity contribution is -0.00152. The number of piperidine rings is 1. The summed E-state index contributed by atoms with van der Waals surface area (Å²) in [6.07, 6.45) is 1.43.